The number of nitrogens with zero attached hydrogens (tertiary/aromatic N) is 3. The molecule has 0 saturated heterocycles. The Morgan fingerprint density at radius 1 is 1.07 bits per heavy atom. The topological polar surface area (TPSA) is 58.7 Å². The number of hydrogen-bond donors (Lipinski definition) is 0. The number of furan rings is 1. The van der Waals surface area contributed by atoms with E-state index in [2.05, 4.69) is 13.8 Å². The number of aryl methyl sites for hydroxylation is 1. The molecule has 2 heterocycles. The Morgan fingerprint density at radius 2 is 1.87 bits per heavy atom. The van der Waals surface area contributed by atoms with Crippen LogP contribution < -0.4 is 0 Å². The molecule has 0 radical (unpaired) electrons. The van der Waals surface area contributed by atoms with Crippen LogP contribution in [-0.2, 0) is 29.7 Å². The van der Waals surface area contributed by atoms with Crippen molar-refractivity contribution in [2.45, 2.75) is 78.4 Å². The summed E-state index contributed by atoms with van der Waals surface area (Å²) in [5, 5.41) is 0. The van der Waals surface area contributed by atoms with Crippen molar-refractivity contribution < 1.29 is 14.0 Å². The fraction of sp³-hybridized carbons (Fsp3) is 0.583. The molecule has 0 spiro atoms. The molecule has 2 rings (SSSR count). The maximum absolute atomic E-state index is 13.3. The second-order valence-electron chi connectivity index (χ2n) is 8.03. The number of carbonyl (C=O) groups excluding carboxylic acids is 2. The fourth-order valence-electron chi connectivity index (χ4n) is 3.48. The van der Waals surface area contributed by atoms with Gasteiger partial charge in [0.05, 0.1) is 19.4 Å². The van der Waals surface area contributed by atoms with Gasteiger partial charge < -0.3 is 18.8 Å². The molecule has 6 heteroatoms. The summed E-state index contributed by atoms with van der Waals surface area (Å²) < 4.78 is 7.49. The lowest BCUT2D eigenvalue weighted by molar-refractivity contribution is -0.143. The largest absolute Gasteiger partial charge is 0.467 e. The van der Waals surface area contributed by atoms with Gasteiger partial charge >= 0.3 is 0 Å². The molecule has 6 nitrogen and oxygen atoms in total. The van der Waals surface area contributed by atoms with Crippen LogP contribution in [0.4, 0.5) is 0 Å². The number of carbonyl (C=O) groups is 2. The normalized spacial score (nSPS) is 12.0. The Kier molecular flexibility index (Phi) is 9.71. The smallest absolute Gasteiger partial charge is 0.242 e. The van der Waals surface area contributed by atoms with Crippen LogP contribution in [0.25, 0.3) is 0 Å². The van der Waals surface area contributed by atoms with Crippen molar-refractivity contribution >= 4 is 11.8 Å². The van der Waals surface area contributed by atoms with Crippen molar-refractivity contribution in [3.8, 4) is 0 Å². The highest BCUT2D eigenvalue weighted by Gasteiger charge is 2.25. The Morgan fingerprint density at radius 3 is 2.47 bits per heavy atom. The molecular weight excluding hydrogens is 378 g/mol. The van der Waals surface area contributed by atoms with E-state index in [1.165, 1.54) is 0 Å². The van der Waals surface area contributed by atoms with E-state index in [-0.39, 0.29) is 24.4 Å². The molecule has 1 atom stereocenters. The van der Waals surface area contributed by atoms with Crippen LogP contribution >= 0.6 is 0 Å². The van der Waals surface area contributed by atoms with Crippen molar-refractivity contribution in [2.75, 3.05) is 6.54 Å². The van der Waals surface area contributed by atoms with Gasteiger partial charge in [-0.1, -0.05) is 33.1 Å². The Hall–Kier alpha value is -2.50. The summed E-state index contributed by atoms with van der Waals surface area (Å²) in [4.78, 5) is 29.7. The number of unbranched alkanes of at least 4 members (excludes halogenated alkanes) is 3. The van der Waals surface area contributed by atoms with Gasteiger partial charge in [-0.3, -0.25) is 9.59 Å². The summed E-state index contributed by atoms with van der Waals surface area (Å²) in [6.45, 7) is 7.19. The van der Waals surface area contributed by atoms with Gasteiger partial charge in [-0.25, -0.2) is 0 Å². The summed E-state index contributed by atoms with van der Waals surface area (Å²) in [6, 6.07) is 7.71. The summed E-state index contributed by atoms with van der Waals surface area (Å²) in [6.07, 6.45) is 9.14. The van der Waals surface area contributed by atoms with Gasteiger partial charge in [-0.15, -0.1) is 0 Å². The third kappa shape index (κ3) is 7.08. The molecule has 2 aromatic rings. The lowest BCUT2D eigenvalue weighted by Gasteiger charge is -2.31. The van der Waals surface area contributed by atoms with Crippen LogP contribution in [0.3, 0.4) is 0 Å². The van der Waals surface area contributed by atoms with Crippen LogP contribution in [-0.4, -0.2) is 38.8 Å². The molecule has 0 aliphatic rings. The van der Waals surface area contributed by atoms with Crippen molar-refractivity contribution in [1.29, 1.82) is 0 Å². The van der Waals surface area contributed by atoms with E-state index in [1.54, 1.807) is 16.1 Å². The van der Waals surface area contributed by atoms with Gasteiger partial charge in [-0.05, 0) is 44.0 Å². The molecule has 2 amide bonds. The first-order valence-corrected chi connectivity index (χ1v) is 11.2. The van der Waals surface area contributed by atoms with Crippen molar-refractivity contribution in [3.05, 3.63) is 48.2 Å². The van der Waals surface area contributed by atoms with Crippen LogP contribution in [0.1, 0.15) is 70.8 Å². The standard InChI is InChI=1S/C24H37N3O3/c1-5-7-8-9-14-23(28)27(20(3)6-2)19-24(29)26(18-22-13-11-16-30-22)17-21-12-10-15-25(21)4/h10-13,15-16,20H,5-9,14,17-19H2,1-4H3/t20-/m0/s1. The molecule has 0 aliphatic heterocycles. The average molecular weight is 416 g/mol. The first kappa shape index (κ1) is 23.8. The molecule has 0 N–H and O–H groups in total. The van der Waals surface area contributed by atoms with Crippen LogP contribution in [0.15, 0.2) is 41.1 Å². The minimum atomic E-state index is -0.0604. The highest BCUT2D eigenvalue weighted by molar-refractivity contribution is 5.85. The van der Waals surface area contributed by atoms with Crippen molar-refractivity contribution in [1.82, 2.24) is 14.4 Å². The van der Waals surface area contributed by atoms with Crippen molar-refractivity contribution in [3.63, 3.8) is 0 Å². The molecule has 0 saturated carbocycles. The first-order valence-electron chi connectivity index (χ1n) is 11.2. The first-order chi connectivity index (χ1) is 14.5. The van der Waals surface area contributed by atoms with E-state index in [0.717, 1.165) is 43.6 Å². The predicted molar refractivity (Wildman–Crippen MR) is 119 cm³/mol. The predicted octanol–water partition coefficient (Wildman–Crippen LogP) is 4.74. The minimum absolute atomic E-state index is 0.0353. The van der Waals surface area contributed by atoms with Gasteiger partial charge in [0, 0.05) is 31.4 Å². The average Bonchev–Trinajstić information content (AvgIpc) is 3.40. The minimum Gasteiger partial charge on any atom is -0.467 e. The zero-order chi connectivity index (χ0) is 21.9. The molecule has 0 fully saturated rings. The van der Waals surface area contributed by atoms with E-state index >= 15 is 0 Å². The second kappa shape index (κ2) is 12.3. The highest BCUT2D eigenvalue weighted by Crippen LogP contribution is 2.15. The van der Waals surface area contributed by atoms with Gasteiger partial charge in [0.15, 0.2) is 0 Å². The third-order valence-corrected chi connectivity index (χ3v) is 5.68. The van der Waals surface area contributed by atoms with E-state index in [1.807, 2.05) is 49.0 Å². The maximum Gasteiger partial charge on any atom is 0.242 e. The van der Waals surface area contributed by atoms with E-state index in [4.69, 9.17) is 4.42 Å². The Bertz CT molecular complexity index is 767. The molecule has 0 aliphatic carbocycles. The molecule has 0 aromatic carbocycles. The third-order valence-electron chi connectivity index (χ3n) is 5.68. The summed E-state index contributed by atoms with van der Waals surface area (Å²) in [5.41, 5.74) is 1.04. The Labute approximate surface area is 180 Å². The molecule has 0 unspecified atom stereocenters. The number of aromatic nitrogens is 1. The van der Waals surface area contributed by atoms with E-state index in [0.29, 0.717) is 19.5 Å². The number of rotatable bonds is 13. The molecular formula is C24H37N3O3. The number of hydrogen-bond acceptors (Lipinski definition) is 3. The van der Waals surface area contributed by atoms with Crippen LogP contribution in [0.5, 0.6) is 0 Å². The number of amides is 2. The Balaban J connectivity index is 2.10. The second-order valence-corrected chi connectivity index (χ2v) is 8.03. The van der Waals surface area contributed by atoms with Gasteiger partial charge in [0.2, 0.25) is 11.8 Å². The lowest BCUT2D eigenvalue weighted by Crippen LogP contribution is -2.46. The van der Waals surface area contributed by atoms with Gasteiger partial charge in [-0.2, -0.15) is 0 Å². The quantitative estimate of drug-likeness (QED) is 0.444. The van der Waals surface area contributed by atoms with E-state index in [9.17, 15) is 9.59 Å². The summed E-state index contributed by atoms with van der Waals surface area (Å²) >= 11 is 0. The summed E-state index contributed by atoms with van der Waals surface area (Å²) in [5.74, 6) is 0.749. The molecule has 166 valence electrons. The maximum atomic E-state index is 13.3. The molecule has 30 heavy (non-hydrogen) atoms. The van der Waals surface area contributed by atoms with Crippen LogP contribution in [0.2, 0.25) is 0 Å². The summed E-state index contributed by atoms with van der Waals surface area (Å²) in [7, 11) is 1.97. The zero-order valence-electron chi connectivity index (χ0n) is 19.0. The molecule has 2 aromatic heterocycles. The van der Waals surface area contributed by atoms with Crippen LogP contribution in [0, 0.1) is 0 Å². The zero-order valence-corrected chi connectivity index (χ0v) is 19.0. The monoisotopic (exact) mass is 415 g/mol. The van der Waals surface area contributed by atoms with Crippen molar-refractivity contribution in [2.24, 2.45) is 7.05 Å². The van der Waals surface area contributed by atoms with Gasteiger partial charge in [0.25, 0.3) is 0 Å². The SMILES string of the molecule is CCCCCCC(=O)N(CC(=O)N(Cc1ccco1)Cc1cccn1C)[C@@H](C)CC. The molecule has 0 bridgehead atoms. The lowest BCUT2D eigenvalue weighted by atomic mass is 10.1. The fourth-order valence-corrected chi connectivity index (χ4v) is 3.48. The van der Waals surface area contributed by atoms with Gasteiger partial charge in [0.1, 0.15) is 12.3 Å². The highest BCUT2D eigenvalue weighted by atomic mass is 16.3. The van der Waals surface area contributed by atoms with E-state index < -0.39 is 0 Å².